The quantitative estimate of drug-likeness (QED) is 0.731. The number of nitrogens with zero attached hydrogens (tertiary/aromatic N) is 4. The monoisotopic (exact) mass is 368 g/mol. The second kappa shape index (κ2) is 6.22. The van der Waals surface area contributed by atoms with Gasteiger partial charge in [-0.3, -0.25) is 9.48 Å². The van der Waals surface area contributed by atoms with Crippen LogP contribution in [-0.2, 0) is 12.1 Å². The van der Waals surface area contributed by atoms with Gasteiger partial charge < -0.3 is 14.8 Å². The van der Waals surface area contributed by atoms with Crippen molar-refractivity contribution in [3.63, 3.8) is 0 Å². The number of hydrogen-bond acceptors (Lipinski definition) is 5. The molecule has 0 aromatic carbocycles. The number of aryl methyl sites for hydroxylation is 1. The summed E-state index contributed by atoms with van der Waals surface area (Å²) in [7, 11) is 0. The highest BCUT2D eigenvalue weighted by molar-refractivity contribution is 5.85. The van der Waals surface area contributed by atoms with E-state index in [-0.39, 0.29) is 5.54 Å². The maximum atomic E-state index is 11.8. The van der Waals surface area contributed by atoms with Gasteiger partial charge >= 0.3 is 5.97 Å². The van der Waals surface area contributed by atoms with Gasteiger partial charge in [0, 0.05) is 17.8 Å². The Kier molecular flexibility index (Phi) is 3.98. The smallest absolute Gasteiger partial charge is 0.360 e. The second-order valence-electron chi connectivity index (χ2n) is 7.18. The van der Waals surface area contributed by atoms with Gasteiger partial charge in [-0.1, -0.05) is 12.8 Å². The Morgan fingerprint density at radius 1 is 1.30 bits per heavy atom. The largest absolute Gasteiger partial charge is 0.503 e. The van der Waals surface area contributed by atoms with Crippen molar-refractivity contribution in [3.05, 3.63) is 52.2 Å². The van der Waals surface area contributed by atoms with Gasteiger partial charge in [-0.15, -0.1) is 0 Å². The van der Waals surface area contributed by atoms with E-state index in [4.69, 9.17) is 0 Å². The summed E-state index contributed by atoms with van der Waals surface area (Å²) >= 11 is 0. The first-order chi connectivity index (χ1) is 12.9. The van der Waals surface area contributed by atoms with E-state index in [9.17, 15) is 19.8 Å². The summed E-state index contributed by atoms with van der Waals surface area (Å²) in [5, 5.41) is 24.1. The van der Waals surface area contributed by atoms with Gasteiger partial charge in [0.1, 0.15) is 5.65 Å². The van der Waals surface area contributed by atoms with Crippen LogP contribution in [0.1, 0.15) is 41.7 Å². The topological polar surface area (TPSA) is 110 Å². The molecule has 0 unspecified atom stereocenters. The van der Waals surface area contributed by atoms with Crippen LogP contribution in [0.3, 0.4) is 0 Å². The number of fused-ring (bicyclic) bond motifs is 1. The molecule has 1 aliphatic rings. The number of aromatic carboxylic acids is 1. The predicted octanol–water partition coefficient (Wildman–Crippen LogP) is 2.27. The molecule has 0 bridgehead atoms. The van der Waals surface area contributed by atoms with E-state index >= 15 is 0 Å². The Labute approximate surface area is 154 Å². The van der Waals surface area contributed by atoms with Crippen molar-refractivity contribution < 1.29 is 15.0 Å². The van der Waals surface area contributed by atoms with Crippen LogP contribution in [0, 0.1) is 6.92 Å². The molecule has 3 heterocycles. The van der Waals surface area contributed by atoms with Crippen LogP contribution >= 0.6 is 0 Å². The molecule has 0 atom stereocenters. The van der Waals surface area contributed by atoms with Crippen LogP contribution in [-0.4, -0.2) is 35.5 Å². The highest BCUT2D eigenvalue weighted by Gasteiger charge is 2.38. The average Bonchev–Trinajstić information content (AvgIpc) is 3.24. The molecule has 1 aliphatic carbocycles. The molecule has 4 rings (SSSR count). The highest BCUT2D eigenvalue weighted by Crippen LogP contribution is 2.40. The van der Waals surface area contributed by atoms with Gasteiger partial charge in [-0.25, -0.2) is 9.78 Å². The first-order valence-electron chi connectivity index (χ1n) is 8.88. The second-order valence-corrected chi connectivity index (χ2v) is 7.18. The lowest BCUT2D eigenvalue weighted by Gasteiger charge is -2.32. The van der Waals surface area contributed by atoms with Crippen LogP contribution in [0.15, 0.2) is 35.5 Å². The van der Waals surface area contributed by atoms with Crippen molar-refractivity contribution in [3.8, 4) is 5.75 Å². The molecular weight excluding hydrogens is 348 g/mol. The van der Waals surface area contributed by atoms with E-state index < -0.39 is 22.8 Å². The number of carboxylic acid groups (broad SMARTS) is 1. The average molecular weight is 368 g/mol. The maximum absolute atomic E-state index is 11.8. The van der Waals surface area contributed by atoms with Crippen LogP contribution < -0.4 is 5.43 Å². The minimum atomic E-state index is -1.45. The van der Waals surface area contributed by atoms with Crippen LogP contribution in [0.2, 0.25) is 0 Å². The summed E-state index contributed by atoms with van der Waals surface area (Å²) in [6.45, 7) is 2.38. The fourth-order valence-electron chi connectivity index (χ4n) is 4.14. The number of pyridine rings is 1. The fourth-order valence-corrected chi connectivity index (χ4v) is 4.14. The van der Waals surface area contributed by atoms with E-state index in [2.05, 4.69) is 20.8 Å². The summed E-state index contributed by atoms with van der Waals surface area (Å²) in [5.41, 5.74) is 0.00964. The molecule has 8 heteroatoms. The zero-order valence-electron chi connectivity index (χ0n) is 14.9. The van der Waals surface area contributed by atoms with Crippen molar-refractivity contribution in [2.24, 2.45) is 0 Å². The van der Waals surface area contributed by atoms with E-state index in [1.165, 1.54) is 10.9 Å². The minimum absolute atomic E-state index is 0.342. The van der Waals surface area contributed by atoms with Crippen molar-refractivity contribution in [2.45, 2.75) is 44.7 Å². The van der Waals surface area contributed by atoms with Crippen molar-refractivity contribution >= 4 is 17.0 Å². The molecule has 0 spiro atoms. The van der Waals surface area contributed by atoms with E-state index in [1.54, 1.807) is 6.20 Å². The molecule has 27 heavy (non-hydrogen) atoms. The van der Waals surface area contributed by atoms with Gasteiger partial charge in [-0.2, -0.15) is 5.10 Å². The van der Waals surface area contributed by atoms with Gasteiger partial charge in [0.05, 0.1) is 18.3 Å². The highest BCUT2D eigenvalue weighted by atomic mass is 16.4. The number of carboxylic acids is 1. The molecule has 3 aromatic heterocycles. The molecule has 0 amide bonds. The first-order valence-corrected chi connectivity index (χ1v) is 8.88. The lowest BCUT2D eigenvalue weighted by molar-refractivity contribution is 0.0683. The Hall–Kier alpha value is -3.16. The third-order valence-corrected chi connectivity index (χ3v) is 5.41. The predicted molar refractivity (Wildman–Crippen MR) is 98.0 cm³/mol. The number of rotatable bonds is 4. The fraction of sp³-hybridized carbons (Fsp3) is 0.368. The molecule has 2 N–H and O–H groups in total. The van der Waals surface area contributed by atoms with E-state index in [1.807, 2.05) is 19.1 Å². The molecule has 3 aromatic rings. The van der Waals surface area contributed by atoms with Gasteiger partial charge in [0.2, 0.25) is 5.69 Å². The summed E-state index contributed by atoms with van der Waals surface area (Å²) in [6.07, 6.45) is 8.86. The number of hydrogen-bond donors (Lipinski definition) is 2. The third-order valence-electron chi connectivity index (χ3n) is 5.41. The van der Waals surface area contributed by atoms with Gasteiger partial charge in [0.15, 0.2) is 5.75 Å². The molecule has 0 radical (unpaired) electrons. The zero-order chi connectivity index (χ0) is 19.2. The van der Waals surface area contributed by atoms with E-state index in [0.717, 1.165) is 42.3 Å². The number of aromatic hydroxyl groups is 1. The van der Waals surface area contributed by atoms with Crippen LogP contribution in [0.4, 0.5) is 0 Å². The first kappa shape index (κ1) is 17.3. The van der Waals surface area contributed by atoms with Crippen molar-refractivity contribution in [1.82, 2.24) is 19.3 Å². The summed E-state index contributed by atoms with van der Waals surface area (Å²) in [6, 6.07) is 3.93. The summed E-state index contributed by atoms with van der Waals surface area (Å²) in [4.78, 5) is 27.6. The summed E-state index contributed by atoms with van der Waals surface area (Å²) in [5.74, 6) is -2.06. The standard InChI is InChI=1S/C19H20N4O4/c1-12-9-23(17-13(12)5-4-8-20-17)19(6-2-3-7-19)11-22-10-14(24)16(25)15(21-22)18(26)27/h4-5,8-10,24H,2-3,6-7,11H2,1H3,(H,26,27). The molecule has 0 aliphatic heterocycles. The molecule has 0 saturated heterocycles. The van der Waals surface area contributed by atoms with Crippen LogP contribution in [0.25, 0.3) is 11.0 Å². The van der Waals surface area contributed by atoms with Crippen LogP contribution in [0.5, 0.6) is 5.75 Å². The molecule has 1 fully saturated rings. The zero-order valence-corrected chi connectivity index (χ0v) is 14.9. The van der Waals surface area contributed by atoms with Crippen molar-refractivity contribution in [2.75, 3.05) is 0 Å². The molecule has 140 valence electrons. The Bertz CT molecular complexity index is 1090. The lowest BCUT2D eigenvalue weighted by Crippen LogP contribution is -2.36. The minimum Gasteiger partial charge on any atom is -0.503 e. The number of aromatic nitrogens is 4. The summed E-state index contributed by atoms with van der Waals surface area (Å²) < 4.78 is 3.53. The molecular formula is C19H20N4O4. The maximum Gasteiger partial charge on any atom is 0.360 e. The normalized spacial score (nSPS) is 16.0. The van der Waals surface area contributed by atoms with Crippen molar-refractivity contribution in [1.29, 1.82) is 0 Å². The third kappa shape index (κ3) is 2.77. The molecule has 1 saturated carbocycles. The Balaban J connectivity index is 1.84. The van der Waals surface area contributed by atoms with E-state index in [0.29, 0.717) is 6.54 Å². The lowest BCUT2D eigenvalue weighted by atomic mass is 9.97. The Morgan fingerprint density at radius 3 is 2.74 bits per heavy atom. The Morgan fingerprint density at radius 2 is 2.04 bits per heavy atom. The SMILES string of the molecule is Cc1cn(C2(Cn3cc(O)c(=O)c(C(=O)O)n3)CCCC2)c2ncccc12. The molecule has 8 nitrogen and oxygen atoms in total. The number of carbonyl (C=O) groups is 1. The van der Waals surface area contributed by atoms with Gasteiger partial charge in [0.25, 0.3) is 5.43 Å². The van der Waals surface area contributed by atoms with Gasteiger partial charge in [-0.05, 0) is 37.5 Å².